The van der Waals surface area contributed by atoms with Gasteiger partial charge in [-0.25, -0.2) is 0 Å². The molecule has 0 aliphatic rings. The highest BCUT2D eigenvalue weighted by Crippen LogP contribution is 2.16. The highest BCUT2D eigenvalue weighted by molar-refractivity contribution is 8.16. The van der Waals surface area contributed by atoms with Gasteiger partial charge < -0.3 is 0 Å². The minimum atomic E-state index is -0.306. The van der Waals surface area contributed by atoms with E-state index in [2.05, 4.69) is 0 Å². The van der Waals surface area contributed by atoms with Crippen molar-refractivity contribution in [3.05, 3.63) is 0 Å². The third kappa shape index (κ3) is 4.47. The summed E-state index contributed by atoms with van der Waals surface area (Å²) >= 11 is 6.26. The second-order valence-electron chi connectivity index (χ2n) is 1.57. The summed E-state index contributed by atoms with van der Waals surface area (Å²) in [4.78, 5) is 10.1. The number of rotatable bonds is 2. The molecule has 0 rings (SSSR count). The summed E-state index contributed by atoms with van der Waals surface area (Å²) in [5, 5.41) is 0.361. The normalized spacial score (nSPS) is 13.4. The van der Waals surface area contributed by atoms with E-state index >= 15 is 0 Å². The van der Waals surface area contributed by atoms with Gasteiger partial charge >= 0.3 is 0 Å². The third-order valence-corrected chi connectivity index (χ3v) is 2.06. The first-order valence-corrected chi connectivity index (χ1v) is 3.78. The van der Waals surface area contributed by atoms with Gasteiger partial charge in [-0.15, -0.1) is 0 Å². The van der Waals surface area contributed by atoms with Crippen molar-refractivity contribution in [2.75, 3.05) is 0 Å². The van der Waals surface area contributed by atoms with Crippen LogP contribution < -0.4 is 0 Å². The molecule has 0 aromatic carbocycles. The summed E-state index contributed by atoms with van der Waals surface area (Å²) in [6, 6.07) is 0. The molecule has 3 heteroatoms. The molecule has 0 saturated carbocycles. The fourth-order valence-electron chi connectivity index (χ4n) is 0.242. The van der Waals surface area contributed by atoms with Crippen LogP contribution in [0.25, 0.3) is 0 Å². The Kier molecular flexibility index (Phi) is 4.38. The maximum Gasteiger partial charge on any atom is 0.279 e. The van der Waals surface area contributed by atoms with E-state index in [-0.39, 0.29) is 4.57 Å². The van der Waals surface area contributed by atoms with Gasteiger partial charge in [0.25, 0.3) is 4.57 Å². The van der Waals surface area contributed by atoms with Crippen molar-refractivity contribution >= 4 is 27.9 Å². The second-order valence-corrected chi connectivity index (χ2v) is 3.55. The molecule has 0 unspecified atom stereocenters. The van der Waals surface area contributed by atoms with Gasteiger partial charge in [0.05, 0.1) is 0 Å². The van der Waals surface area contributed by atoms with Crippen LogP contribution in [0, 0.1) is 0 Å². The van der Waals surface area contributed by atoms with E-state index in [9.17, 15) is 4.79 Å². The predicted octanol–water partition coefficient (Wildman–Crippen LogP) is 2.88. The van der Waals surface area contributed by atoms with E-state index in [1.54, 1.807) is 0 Å². The van der Waals surface area contributed by atoms with Crippen LogP contribution in [-0.4, -0.2) is 9.82 Å². The Labute approximate surface area is 58.8 Å². The molecule has 1 nitrogen and oxygen atoms in total. The first-order valence-electron chi connectivity index (χ1n) is 2.53. The van der Waals surface area contributed by atoms with Crippen molar-refractivity contribution < 1.29 is 4.79 Å². The first-order chi connectivity index (χ1) is 3.66. The molecule has 8 heavy (non-hydrogen) atoms. The molecule has 0 radical (unpaired) electrons. The zero-order chi connectivity index (χ0) is 6.57. The lowest BCUT2D eigenvalue weighted by molar-refractivity contribution is 0.275. The average Bonchev–Trinajstić information content (AvgIpc) is 1.65. The molecule has 0 aliphatic heterocycles. The monoisotopic (exact) mass is 152 g/mol. The Morgan fingerprint density at radius 3 is 2.50 bits per heavy atom. The van der Waals surface area contributed by atoms with E-state index in [0.717, 1.165) is 6.42 Å². The third-order valence-electron chi connectivity index (χ3n) is 0.869. The van der Waals surface area contributed by atoms with Crippen LogP contribution in [0.15, 0.2) is 0 Å². The molecule has 0 saturated heterocycles. The Bertz CT molecular complexity index is 84.5. The topological polar surface area (TPSA) is 17.1 Å². The van der Waals surface area contributed by atoms with Crippen LogP contribution in [0.5, 0.6) is 0 Å². The highest BCUT2D eigenvalue weighted by Gasteiger charge is 2.02. The van der Waals surface area contributed by atoms with Crippen LogP contribution in [0.3, 0.4) is 0 Å². The minimum absolute atomic E-state index is 0.306. The molecule has 0 aromatic heterocycles. The van der Waals surface area contributed by atoms with Crippen LogP contribution in [0.2, 0.25) is 0 Å². The summed E-state index contributed by atoms with van der Waals surface area (Å²) in [5.74, 6) is 0. The summed E-state index contributed by atoms with van der Waals surface area (Å²) in [6.45, 7) is 4.00. The number of carbonyl (C=O) groups excluding carboxylic acids is 1. The minimum Gasteiger partial charge on any atom is -0.268 e. The molecule has 0 aromatic rings. The summed E-state index contributed by atoms with van der Waals surface area (Å²) < 4.78 is -0.306. The quantitative estimate of drug-likeness (QED) is 0.566. The zero-order valence-corrected chi connectivity index (χ0v) is 6.55. The number of halogens is 1. The predicted molar refractivity (Wildman–Crippen MR) is 38.6 cm³/mol. The molecule has 0 bridgehead atoms. The van der Waals surface area contributed by atoms with Crippen LogP contribution in [0.1, 0.15) is 20.3 Å². The maximum absolute atomic E-state index is 10.1. The Morgan fingerprint density at radius 2 is 2.38 bits per heavy atom. The smallest absolute Gasteiger partial charge is 0.268 e. The van der Waals surface area contributed by atoms with Crippen molar-refractivity contribution in [3.8, 4) is 0 Å². The van der Waals surface area contributed by atoms with Crippen molar-refractivity contribution in [1.29, 1.82) is 0 Å². The van der Waals surface area contributed by atoms with Gasteiger partial charge in [0, 0.05) is 5.25 Å². The Balaban J connectivity index is 3.24. The fraction of sp³-hybridized carbons (Fsp3) is 0.800. The number of hydrogen-bond acceptors (Lipinski definition) is 2. The molecular weight excluding hydrogens is 144 g/mol. The number of thioether (sulfide) groups is 1. The Hall–Kier alpha value is 0.310. The summed E-state index contributed by atoms with van der Waals surface area (Å²) in [5.41, 5.74) is 0. The van der Waals surface area contributed by atoms with Crippen molar-refractivity contribution in [1.82, 2.24) is 0 Å². The van der Waals surface area contributed by atoms with E-state index in [1.165, 1.54) is 11.8 Å². The van der Waals surface area contributed by atoms with Crippen molar-refractivity contribution in [3.63, 3.8) is 0 Å². The van der Waals surface area contributed by atoms with Gasteiger partial charge in [-0.1, -0.05) is 25.6 Å². The largest absolute Gasteiger partial charge is 0.279 e. The number of hydrogen-bond donors (Lipinski definition) is 0. The van der Waals surface area contributed by atoms with Gasteiger partial charge in [0.2, 0.25) is 0 Å². The second kappa shape index (κ2) is 4.21. The molecule has 0 spiro atoms. The lowest BCUT2D eigenvalue weighted by Crippen LogP contribution is -1.93. The van der Waals surface area contributed by atoms with Crippen molar-refractivity contribution in [2.24, 2.45) is 0 Å². The van der Waals surface area contributed by atoms with Gasteiger partial charge in [-0.3, -0.25) is 4.79 Å². The van der Waals surface area contributed by atoms with Gasteiger partial charge in [-0.2, -0.15) is 0 Å². The van der Waals surface area contributed by atoms with Gasteiger partial charge in [-0.05, 0) is 18.0 Å². The molecule has 0 amide bonds. The van der Waals surface area contributed by atoms with E-state index < -0.39 is 0 Å². The molecule has 48 valence electrons. The highest BCUT2D eigenvalue weighted by atomic mass is 35.5. The van der Waals surface area contributed by atoms with Gasteiger partial charge in [0.1, 0.15) is 0 Å². The summed E-state index contributed by atoms with van der Waals surface area (Å²) in [6.07, 6.45) is 0.989. The fourth-order valence-corrected chi connectivity index (χ4v) is 1.18. The lowest BCUT2D eigenvalue weighted by atomic mass is 10.4. The SMILES string of the molecule is CC[C@H](C)SC(=O)Cl. The van der Waals surface area contributed by atoms with Crippen LogP contribution in [-0.2, 0) is 0 Å². The molecule has 0 fully saturated rings. The lowest BCUT2D eigenvalue weighted by Gasteiger charge is -2.00. The van der Waals surface area contributed by atoms with Crippen molar-refractivity contribution in [2.45, 2.75) is 25.5 Å². The van der Waals surface area contributed by atoms with Gasteiger partial charge in [0.15, 0.2) is 0 Å². The van der Waals surface area contributed by atoms with Crippen LogP contribution in [0.4, 0.5) is 4.79 Å². The van der Waals surface area contributed by atoms with E-state index in [4.69, 9.17) is 11.6 Å². The average molecular weight is 153 g/mol. The standard InChI is InChI=1S/C5H9ClOS/c1-3-4(2)8-5(6)7/h4H,3H2,1-2H3/t4-/m0/s1. The molecular formula is C5H9ClOS. The summed E-state index contributed by atoms with van der Waals surface area (Å²) in [7, 11) is 0. The maximum atomic E-state index is 10.1. The molecule has 1 atom stereocenters. The molecule has 0 N–H and O–H groups in total. The van der Waals surface area contributed by atoms with E-state index in [1.807, 2.05) is 13.8 Å². The van der Waals surface area contributed by atoms with E-state index in [0.29, 0.717) is 5.25 Å². The zero-order valence-electron chi connectivity index (χ0n) is 4.98. The first kappa shape index (κ1) is 8.31. The molecule has 0 aliphatic carbocycles. The number of carbonyl (C=O) groups is 1. The molecule has 0 heterocycles. The Morgan fingerprint density at radius 1 is 1.88 bits per heavy atom. The van der Waals surface area contributed by atoms with Crippen LogP contribution >= 0.6 is 23.4 Å².